The summed E-state index contributed by atoms with van der Waals surface area (Å²) in [5.74, 6) is -0.421. The molecule has 0 spiro atoms. The van der Waals surface area contributed by atoms with E-state index in [0.717, 1.165) is 50.3 Å². The Morgan fingerprint density at radius 3 is 2.30 bits per heavy atom. The summed E-state index contributed by atoms with van der Waals surface area (Å²) in [5.41, 5.74) is 2.33. The third-order valence-electron chi connectivity index (χ3n) is 6.02. The molecule has 1 aliphatic rings. The van der Waals surface area contributed by atoms with Crippen LogP contribution in [0.25, 0.3) is 0 Å². The second-order valence-electron chi connectivity index (χ2n) is 8.15. The Morgan fingerprint density at radius 2 is 1.73 bits per heavy atom. The highest BCUT2D eigenvalue weighted by atomic mass is 32.2. The van der Waals surface area contributed by atoms with Gasteiger partial charge in [-0.3, -0.25) is 4.90 Å². The Balaban J connectivity index is 1.73. The molecule has 1 unspecified atom stereocenters. The number of thiol groups is 1. The molecule has 0 saturated carbocycles. The summed E-state index contributed by atoms with van der Waals surface area (Å²) in [6.45, 7) is 5.10. The molecule has 0 aromatic heterocycles. The van der Waals surface area contributed by atoms with E-state index in [4.69, 9.17) is 9.84 Å². The number of aliphatic hydroxyl groups excluding tert-OH is 1. The largest absolute Gasteiger partial charge is 0.465 e. The highest BCUT2D eigenvalue weighted by Crippen LogP contribution is 2.24. The summed E-state index contributed by atoms with van der Waals surface area (Å²) in [5, 5.41) is 9.09. The number of carbonyl (C=O) groups excluding carboxylic acids is 1. The molecule has 180 valence electrons. The van der Waals surface area contributed by atoms with Crippen LogP contribution in [0.5, 0.6) is 0 Å². The summed E-state index contributed by atoms with van der Waals surface area (Å²) >= 11 is 0. The van der Waals surface area contributed by atoms with Gasteiger partial charge in [0.05, 0.1) is 12.7 Å². The van der Waals surface area contributed by atoms with Crippen molar-refractivity contribution in [2.45, 2.75) is 19.0 Å². The van der Waals surface area contributed by atoms with E-state index in [2.05, 4.69) is 9.80 Å². The molecule has 0 aliphatic carbocycles. The van der Waals surface area contributed by atoms with Crippen LogP contribution < -0.4 is 0 Å². The van der Waals surface area contributed by atoms with E-state index >= 15 is 0 Å². The van der Waals surface area contributed by atoms with Crippen LogP contribution in [-0.2, 0) is 22.2 Å². The number of nitrogens with zero attached hydrogens (tertiary/aromatic N) is 3. The molecule has 0 radical (unpaired) electrons. The predicted octanol–water partition coefficient (Wildman–Crippen LogP) is 1.54. The number of methoxy groups -OCH3 is 1. The van der Waals surface area contributed by atoms with Crippen molar-refractivity contribution in [2.75, 3.05) is 53.0 Å². The Hall–Kier alpha value is -2.30. The van der Waals surface area contributed by atoms with Gasteiger partial charge >= 0.3 is 5.97 Å². The number of esters is 1. The summed E-state index contributed by atoms with van der Waals surface area (Å²) in [7, 11) is -1.47. The van der Waals surface area contributed by atoms with Gasteiger partial charge in [-0.05, 0) is 29.7 Å². The van der Waals surface area contributed by atoms with Gasteiger partial charge in [0, 0.05) is 58.5 Å². The van der Waals surface area contributed by atoms with E-state index in [1.165, 1.54) is 11.4 Å². The minimum Gasteiger partial charge on any atom is -0.465 e. The molecule has 9 heteroatoms. The molecule has 8 nitrogen and oxygen atoms in total. The smallest absolute Gasteiger partial charge is 0.337 e. The van der Waals surface area contributed by atoms with E-state index in [-0.39, 0.29) is 19.2 Å². The molecular weight excluding hydrogens is 442 g/mol. The summed E-state index contributed by atoms with van der Waals surface area (Å²) in [6.07, 6.45) is 0.765. The Morgan fingerprint density at radius 1 is 1.06 bits per heavy atom. The summed E-state index contributed by atoms with van der Waals surface area (Å²) in [4.78, 5) is 16.3. The van der Waals surface area contributed by atoms with Gasteiger partial charge in [0.25, 0.3) is 0 Å². The van der Waals surface area contributed by atoms with Gasteiger partial charge in [-0.2, -0.15) is 4.31 Å². The number of rotatable bonds is 11. The molecule has 1 heterocycles. The summed E-state index contributed by atoms with van der Waals surface area (Å²) < 4.78 is 30.6. The molecule has 1 N–H and O–H groups in total. The van der Waals surface area contributed by atoms with E-state index in [1.807, 2.05) is 30.3 Å². The number of hydrogen-bond donors (Lipinski definition) is 2. The van der Waals surface area contributed by atoms with Crippen LogP contribution in [0.4, 0.5) is 0 Å². The van der Waals surface area contributed by atoms with Crippen molar-refractivity contribution in [3.05, 3.63) is 71.3 Å². The van der Waals surface area contributed by atoms with Gasteiger partial charge in [0.2, 0.25) is 10.9 Å². The zero-order valence-corrected chi connectivity index (χ0v) is 19.9. The summed E-state index contributed by atoms with van der Waals surface area (Å²) in [6, 6.07) is 16.8. The van der Waals surface area contributed by atoms with Crippen molar-refractivity contribution >= 4 is 16.9 Å². The predicted molar refractivity (Wildman–Crippen MR) is 127 cm³/mol. The van der Waals surface area contributed by atoms with E-state index in [9.17, 15) is 13.2 Å². The van der Waals surface area contributed by atoms with Gasteiger partial charge in [-0.1, -0.05) is 42.5 Å². The first kappa shape index (κ1) is 25.3. The molecule has 0 amide bonds. The fraction of sp³-hybridized carbons (Fsp3) is 0.458. The van der Waals surface area contributed by atoms with Crippen LogP contribution >= 0.6 is 0 Å². The quantitative estimate of drug-likeness (QED) is 0.376. The van der Waals surface area contributed by atoms with Crippen molar-refractivity contribution < 1.29 is 23.1 Å². The molecule has 1 saturated heterocycles. The third-order valence-corrected chi connectivity index (χ3v) is 6.79. The number of ether oxygens (including phenoxy) is 1. The van der Waals surface area contributed by atoms with Crippen molar-refractivity contribution in [1.82, 2.24) is 14.1 Å². The highest BCUT2D eigenvalue weighted by Gasteiger charge is 2.27. The average molecular weight is 476 g/mol. The maximum Gasteiger partial charge on any atom is 0.337 e. The van der Waals surface area contributed by atoms with Gasteiger partial charge in [-0.25, -0.2) is 13.2 Å². The fourth-order valence-corrected chi connectivity index (χ4v) is 4.73. The maximum absolute atomic E-state index is 12.2. The highest BCUT2D eigenvalue weighted by molar-refractivity contribution is 7.69. The first-order chi connectivity index (χ1) is 16.0. The lowest BCUT2D eigenvalue weighted by molar-refractivity contribution is 0.0600. The molecule has 0 bridgehead atoms. The van der Waals surface area contributed by atoms with Crippen LogP contribution in [0.2, 0.25) is 0 Å². The second kappa shape index (κ2) is 12.8. The lowest BCUT2D eigenvalue weighted by Gasteiger charge is -2.40. The minimum atomic E-state index is -2.79. The zero-order chi connectivity index (χ0) is 23.6. The zero-order valence-electron chi connectivity index (χ0n) is 19.0. The first-order valence-electron chi connectivity index (χ1n) is 11.2. The molecule has 2 aromatic rings. The van der Waals surface area contributed by atoms with E-state index in [1.54, 1.807) is 24.3 Å². The van der Waals surface area contributed by atoms with Crippen molar-refractivity contribution in [3.8, 4) is 0 Å². The van der Waals surface area contributed by atoms with Crippen LogP contribution in [-0.4, -0.2) is 86.6 Å². The molecule has 33 heavy (non-hydrogen) atoms. The number of piperazine rings is 1. The average Bonchev–Trinajstić information content (AvgIpc) is 2.86. The minimum absolute atomic E-state index is 0.0616. The molecule has 1 aliphatic heterocycles. The molecule has 1 atom stereocenters. The normalized spacial score (nSPS) is 16.2. The fourth-order valence-electron chi connectivity index (χ4n) is 4.16. The lowest BCUT2D eigenvalue weighted by atomic mass is 10.0. The standard InChI is InChI=1S/C24H33N3O5S/c1-32-24(29)22-10-8-20(9-11-22)18-27(33(30)31)19-23(21-6-3-2-4-7-21)26-15-13-25(14-16-26)12-5-17-28/h2-4,6-11,23,28,33H,5,12-19H2,1H3. The van der Waals surface area contributed by atoms with Crippen molar-refractivity contribution in [3.63, 3.8) is 0 Å². The van der Waals surface area contributed by atoms with Gasteiger partial charge in [0.1, 0.15) is 0 Å². The monoisotopic (exact) mass is 475 g/mol. The molecule has 3 rings (SSSR count). The van der Waals surface area contributed by atoms with Crippen LogP contribution in [0.15, 0.2) is 54.6 Å². The van der Waals surface area contributed by atoms with Crippen molar-refractivity contribution in [1.29, 1.82) is 0 Å². The number of hydrogen-bond acceptors (Lipinski definition) is 7. The molecule has 2 aromatic carbocycles. The maximum atomic E-state index is 12.2. The van der Waals surface area contributed by atoms with Crippen LogP contribution in [0.1, 0.15) is 33.9 Å². The SMILES string of the molecule is COC(=O)c1ccc(CN(CC(c2ccccc2)N2CCN(CCCO)CC2)[SH](=O)=O)cc1. The number of aliphatic hydroxyl groups is 1. The van der Waals surface area contributed by atoms with Crippen LogP contribution in [0.3, 0.4) is 0 Å². The molecule has 1 fully saturated rings. The van der Waals surface area contributed by atoms with Crippen molar-refractivity contribution in [2.24, 2.45) is 0 Å². The van der Waals surface area contributed by atoms with Gasteiger partial charge in [0.15, 0.2) is 0 Å². The Bertz CT molecular complexity index is 936. The first-order valence-corrected chi connectivity index (χ1v) is 12.3. The van der Waals surface area contributed by atoms with Gasteiger partial charge in [-0.15, -0.1) is 0 Å². The van der Waals surface area contributed by atoms with E-state index < -0.39 is 16.9 Å². The third kappa shape index (κ3) is 7.35. The van der Waals surface area contributed by atoms with Crippen LogP contribution in [0, 0.1) is 0 Å². The topological polar surface area (TPSA) is 90.4 Å². The lowest BCUT2D eigenvalue weighted by Crippen LogP contribution is -2.49. The van der Waals surface area contributed by atoms with E-state index in [0.29, 0.717) is 12.1 Å². The Kier molecular flexibility index (Phi) is 9.83. The Labute approximate surface area is 197 Å². The molecular formula is C24H33N3O5S. The number of carbonyl (C=O) groups is 1. The second-order valence-corrected chi connectivity index (χ2v) is 9.20. The number of benzene rings is 2. The van der Waals surface area contributed by atoms with Gasteiger partial charge < -0.3 is 14.7 Å².